The lowest BCUT2D eigenvalue weighted by atomic mass is 10.1. The Balaban J connectivity index is 2.17. The number of fused-ring (bicyclic) bond motifs is 1. The van der Waals surface area contributed by atoms with E-state index >= 15 is 0 Å². The van der Waals surface area contributed by atoms with Crippen LogP contribution in [-0.4, -0.2) is 25.5 Å². The SMILES string of the molecule is COc1cc2c(c(-c3cc(N)on3)c1)OCCO2. The van der Waals surface area contributed by atoms with Gasteiger partial charge in [0.25, 0.3) is 0 Å². The van der Waals surface area contributed by atoms with Crippen molar-refractivity contribution >= 4 is 5.88 Å². The number of rotatable bonds is 2. The third-order valence-corrected chi connectivity index (χ3v) is 2.66. The van der Waals surface area contributed by atoms with Crippen LogP contribution in [0.3, 0.4) is 0 Å². The summed E-state index contributed by atoms with van der Waals surface area (Å²) in [6.07, 6.45) is 0. The van der Waals surface area contributed by atoms with Gasteiger partial charge in [-0.1, -0.05) is 5.16 Å². The van der Waals surface area contributed by atoms with Crippen LogP contribution < -0.4 is 19.9 Å². The van der Waals surface area contributed by atoms with Crippen molar-refractivity contribution in [1.82, 2.24) is 5.16 Å². The van der Waals surface area contributed by atoms with Crippen LogP contribution in [0.1, 0.15) is 0 Å². The summed E-state index contributed by atoms with van der Waals surface area (Å²) in [5, 5.41) is 3.88. The van der Waals surface area contributed by atoms with Gasteiger partial charge in [-0.2, -0.15) is 0 Å². The summed E-state index contributed by atoms with van der Waals surface area (Å²) in [6, 6.07) is 5.22. The van der Waals surface area contributed by atoms with E-state index in [0.29, 0.717) is 36.2 Å². The van der Waals surface area contributed by atoms with E-state index in [4.69, 9.17) is 24.5 Å². The molecule has 2 N–H and O–H groups in total. The lowest BCUT2D eigenvalue weighted by Gasteiger charge is -2.21. The van der Waals surface area contributed by atoms with E-state index < -0.39 is 0 Å². The van der Waals surface area contributed by atoms with Gasteiger partial charge in [0.15, 0.2) is 11.5 Å². The fourth-order valence-corrected chi connectivity index (χ4v) is 1.85. The van der Waals surface area contributed by atoms with E-state index in [1.54, 1.807) is 19.2 Å². The zero-order valence-electron chi connectivity index (χ0n) is 9.80. The van der Waals surface area contributed by atoms with Crippen molar-refractivity contribution in [2.75, 3.05) is 26.1 Å². The first kappa shape index (κ1) is 10.8. The second-order valence-electron chi connectivity index (χ2n) is 3.81. The third kappa shape index (κ3) is 1.71. The largest absolute Gasteiger partial charge is 0.497 e. The number of anilines is 1. The number of nitrogens with zero attached hydrogens (tertiary/aromatic N) is 1. The molecule has 0 unspecified atom stereocenters. The topological polar surface area (TPSA) is 79.7 Å². The van der Waals surface area contributed by atoms with Crippen LogP contribution in [0.2, 0.25) is 0 Å². The average Bonchev–Trinajstić information content (AvgIpc) is 2.84. The van der Waals surface area contributed by atoms with E-state index in [1.807, 2.05) is 6.07 Å². The van der Waals surface area contributed by atoms with Gasteiger partial charge >= 0.3 is 0 Å². The minimum atomic E-state index is 0.248. The number of benzene rings is 1. The van der Waals surface area contributed by atoms with E-state index in [-0.39, 0.29) is 5.88 Å². The normalized spacial score (nSPS) is 13.4. The van der Waals surface area contributed by atoms with Crippen LogP contribution in [0.5, 0.6) is 17.2 Å². The lowest BCUT2D eigenvalue weighted by Crippen LogP contribution is -2.16. The van der Waals surface area contributed by atoms with Crippen LogP contribution in [0, 0.1) is 0 Å². The molecule has 0 spiro atoms. The molecule has 0 aliphatic carbocycles. The maximum atomic E-state index is 5.61. The van der Waals surface area contributed by atoms with Gasteiger partial charge in [-0.15, -0.1) is 0 Å². The molecule has 2 aromatic rings. The number of aromatic nitrogens is 1. The highest BCUT2D eigenvalue weighted by molar-refractivity contribution is 5.74. The van der Waals surface area contributed by atoms with Gasteiger partial charge in [-0.25, -0.2) is 0 Å². The first-order valence-corrected chi connectivity index (χ1v) is 5.48. The molecule has 1 aromatic heterocycles. The van der Waals surface area contributed by atoms with Crippen molar-refractivity contribution in [2.45, 2.75) is 0 Å². The van der Waals surface area contributed by atoms with E-state index in [1.165, 1.54) is 0 Å². The minimum Gasteiger partial charge on any atom is -0.497 e. The number of nitrogens with two attached hydrogens (primary N) is 1. The Morgan fingerprint density at radius 2 is 2.06 bits per heavy atom. The number of ether oxygens (including phenoxy) is 3. The van der Waals surface area contributed by atoms with Crippen molar-refractivity contribution in [2.24, 2.45) is 0 Å². The fraction of sp³-hybridized carbons (Fsp3) is 0.250. The number of methoxy groups -OCH3 is 1. The number of hydrogen-bond donors (Lipinski definition) is 1. The second-order valence-corrected chi connectivity index (χ2v) is 3.81. The number of nitrogen functional groups attached to an aromatic ring is 1. The maximum Gasteiger partial charge on any atom is 0.222 e. The monoisotopic (exact) mass is 248 g/mol. The molecule has 1 aromatic carbocycles. The molecule has 0 saturated carbocycles. The zero-order valence-corrected chi connectivity index (χ0v) is 9.80. The Morgan fingerprint density at radius 1 is 1.22 bits per heavy atom. The molecule has 2 heterocycles. The van der Waals surface area contributed by atoms with Crippen LogP contribution in [0.15, 0.2) is 22.7 Å². The first-order chi connectivity index (χ1) is 8.78. The Bertz CT molecular complexity index is 579. The highest BCUT2D eigenvalue weighted by atomic mass is 16.6. The summed E-state index contributed by atoms with van der Waals surface area (Å²) >= 11 is 0. The molecular formula is C12H12N2O4. The molecule has 0 amide bonds. The predicted molar refractivity (Wildman–Crippen MR) is 63.9 cm³/mol. The van der Waals surface area contributed by atoms with Crippen LogP contribution in [0.25, 0.3) is 11.3 Å². The highest BCUT2D eigenvalue weighted by Crippen LogP contribution is 2.43. The summed E-state index contributed by atoms with van der Waals surface area (Å²) in [4.78, 5) is 0. The van der Waals surface area contributed by atoms with Crippen molar-refractivity contribution in [3.63, 3.8) is 0 Å². The standard InChI is InChI=1S/C12H12N2O4/c1-15-7-4-8(9-6-11(13)18-14-9)12-10(5-7)16-2-3-17-12/h4-6H,2-3,13H2,1H3. The Kier molecular flexibility index (Phi) is 2.47. The van der Waals surface area contributed by atoms with Gasteiger partial charge in [0.2, 0.25) is 5.88 Å². The molecule has 0 bridgehead atoms. The summed E-state index contributed by atoms with van der Waals surface area (Å²) in [5.41, 5.74) is 6.86. The third-order valence-electron chi connectivity index (χ3n) is 2.66. The molecule has 0 atom stereocenters. The summed E-state index contributed by atoms with van der Waals surface area (Å²) in [7, 11) is 1.59. The van der Waals surface area contributed by atoms with Crippen molar-refractivity contribution in [1.29, 1.82) is 0 Å². The fourth-order valence-electron chi connectivity index (χ4n) is 1.85. The molecule has 6 heteroatoms. The second kappa shape index (κ2) is 4.14. The molecular weight excluding hydrogens is 236 g/mol. The van der Waals surface area contributed by atoms with Gasteiger partial charge in [0.1, 0.15) is 24.7 Å². The molecule has 1 aliphatic rings. The Labute approximate surface area is 103 Å². The van der Waals surface area contributed by atoms with Crippen molar-refractivity contribution < 1.29 is 18.7 Å². The van der Waals surface area contributed by atoms with Gasteiger partial charge in [-0.05, 0) is 6.07 Å². The van der Waals surface area contributed by atoms with Crippen molar-refractivity contribution in [3.05, 3.63) is 18.2 Å². The molecule has 0 radical (unpaired) electrons. The number of hydrogen-bond acceptors (Lipinski definition) is 6. The Morgan fingerprint density at radius 3 is 2.78 bits per heavy atom. The summed E-state index contributed by atoms with van der Waals surface area (Å²) < 4.78 is 21.3. The quantitative estimate of drug-likeness (QED) is 0.871. The average molecular weight is 248 g/mol. The molecule has 3 rings (SSSR count). The van der Waals surface area contributed by atoms with Gasteiger partial charge < -0.3 is 24.5 Å². The van der Waals surface area contributed by atoms with E-state index in [9.17, 15) is 0 Å². The smallest absolute Gasteiger partial charge is 0.222 e. The zero-order chi connectivity index (χ0) is 12.5. The summed E-state index contributed by atoms with van der Waals surface area (Å²) in [6.45, 7) is 1.01. The van der Waals surface area contributed by atoms with Gasteiger partial charge in [0, 0.05) is 12.1 Å². The molecule has 94 valence electrons. The van der Waals surface area contributed by atoms with Crippen LogP contribution in [0.4, 0.5) is 5.88 Å². The molecule has 0 saturated heterocycles. The maximum absolute atomic E-state index is 5.61. The van der Waals surface area contributed by atoms with E-state index in [2.05, 4.69) is 5.16 Å². The van der Waals surface area contributed by atoms with E-state index in [0.717, 1.165) is 5.56 Å². The van der Waals surface area contributed by atoms with Crippen LogP contribution in [-0.2, 0) is 0 Å². The molecule has 18 heavy (non-hydrogen) atoms. The predicted octanol–water partition coefficient (Wildman–Crippen LogP) is 1.70. The summed E-state index contributed by atoms with van der Waals surface area (Å²) in [5.74, 6) is 2.18. The molecule has 6 nitrogen and oxygen atoms in total. The first-order valence-electron chi connectivity index (χ1n) is 5.48. The highest BCUT2D eigenvalue weighted by Gasteiger charge is 2.21. The van der Waals surface area contributed by atoms with Crippen LogP contribution >= 0.6 is 0 Å². The Hall–Kier alpha value is -2.37. The minimum absolute atomic E-state index is 0.248. The lowest BCUT2D eigenvalue weighted by molar-refractivity contribution is 0.171. The van der Waals surface area contributed by atoms with Gasteiger partial charge in [-0.3, -0.25) is 0 Å². The van der Waals surface area contributed by atoms with Crippen molar-refractivity contribution in [3.8, 4) is 28.5 Å². The molecule has 1 aliphatic heterocycles. The van der Waals surface area contributed by atoms with Gasteiger partial charge in [0.05, 0.1) is 12.7 Å². The molecule has 0 fully saturated rings.